The van der Waals surface area contributed by atoms with Crippen molar-refractivity contribution in [2.24, 2.45) is 5.92 Å². The summed E-state index contributed by atoms with van der Waals surface area (Å²) < 4.78 is 0. The van der Waals surface area contributed by atoms with E-state index < -0.39 is 5.97 Å². The van der Waals surface area contributed by atoms with Crippen LogP contribution in [0.2, 0.25) is 0 Å². The van der Waals surface area contributed by atoms with Crippen molar-refractivity contribution in [3.63, 3.8) is 0 Å². The van der Waals surface area contributed by atoms with Crippen molar-refractivity contribution in [2.75, 3.05) is 38.6 Å². The number of rotatable bonds is 4. The number of carboxylic acids is 1. The highest BCUT2D eigenvalue weighted by Crippen LogP contribution is 2.39. The van der Waals surface area contributed by atoms with Gasteiger partial charge in [-0.1, -0.05) is 0 Å². The number of aromatic nitrogens is 1. The SMILES string of the molecule is CN1CCC(CN(C)c2nc3c(s2)CCC3C(=O)O)C1. The first kappa shape index (κ1) is 13.8. The molecule has 0 radical (unpaired) electrons. The van der Waals surface area contributed by atoms with Crippen molar-refractivity contribution in [1.82, 2.24) is 9.88 Å². The summed E-state index contributed by atoms with van der Waals surface area (Å²) in [5, 5.41) is 10.2. The summed E-state index contributed by atoms with van der Waals surface area (Å²) in [6.07, 6.45) is 2.81. The molecule has 2 atom stereocenters. The van der Waals surface area contributed by atoms with Gasteiger partial charge in [-0.05, 0) is 38.8 Å². The maximum atomic E-state index is 11.2. The van der Waals surface area contributed by atoms with Crippen LogP contribution in [-0.4, -0.2) is 54.7 Å². The second-order valence-electron chi connectivity index (χ2n) is 6.03. The van der Waals surface area contributed by atoms with Crippen LogP contribution in [0.5, 0.6) is 0 Å². The van der Waals surface area contributed by atoms with Crippen LogP contribution in [-0.2, 0) is 11.2 Å². The van der Waals surface area contributed by atoms with Crippen LogP contribution in [0, 0.1) is 5.92 Å². The molecule has 1 aliphatic carbocycles. The zero-order valence-corrected chi connectivity index (χ0v) is 12.8. The maximum Gasteiger partial charge on any atom is 0.312 e. The minimum atomic E-state index is -0.735. The summed E-state index contributed by atoms with van der Waals surface area (Å²) in [5.41, 5.74) is 0.813. The molecule has 0 saturated carbocycles. The zero-order chi connectivity index (χ0) is 14.3. The Hall–Kier alpha value is -1.14. The number of hydrogen-bond donors (Lipinski definition) is 1. The molecule has 0 amide bonds. The van der Waals surface area contributed by atoms with E-state index in [9.17, 15) is 9.90 Å². The molecule has 0 aromatic carbocycles. The third-order valence-corrected chi connectivity index (χ3v) is 5.60. The van der Waals surface area contributed by atoms with Gasteiger partial charge in [0.25, 0.3) is 0 Å². The van der Waals surface area contributed by atoms with E-state index in [2.05, 4.69) is 28.9 Å². The lowest BCUT2D eigenvalue weighted by Crippen LogP contribution is -2.27. The van der Waals surface area contributed by atoms with Crippen molar-refractivity contribution in [3.05, 3.63) is 10.6 Å². The number of nitrogens with zero attached hydrogens (tertiary/aromatic N) is 3. The van der Waals surface area contributed by atoms with Gasteiger partial charge < -0.3 is 14.9 Å². The molecule has 0 spiro atoms. The fourth-order valence-electron chi connectivity index (χ4n) is 3.26. The Morgan fingerprint density at radius 1 is 1.55 bits per heavy atom. The molecule has 1 aromatic heterocycles. The van der Waals surface area contributed by atoms with E-state index in [0.29, 0.717) is 12.3 Å². The van der Waals surface area contributed by atoms with E-state index in [4.69, 9.17) is 0 Å². The molecule has 2 unspecified atom stereocenters. The second kappa shape index (κ2) is 5.33. The van der Waals surface area contributed by atoms with Gasteiger partial charge in [-0.3, -0.25) is 4.79 Å². The van der Waals surface area contributed by atoms with Crippen LogP contribution < -0.4 is 4.90 Å². The van der Waals surface area contributed by atoms with Gasteiger partial charge >= 0.3 is 5.97 Å². The average molecular weight is 295 g/mol. The van der Waals surface area contributed by atoms with Gasteiger partial charge in [-0.25, -0.2) is 4.98 Å². The first-order valence-corrected chi connectivity index (χ1v) is 7.98. The molecular weight excluding hydrogens is 274 g/mol. The number of likely N-dealkylation sites (tertiary alicyclic amines) is 1. The number of carboxylic acid groups (broad SMARTS) is 1. The van der Waals surface area contributed by atoms with Crippen LogP contribution >= 0.6 is 11.3 Å². The predicted molar refractivity (Wildman–Crippen MR) is 79.7 cm³/mol. The molecule has 1 aliphatic heterocycles. The van der Waals surface area contributed by atoms with Crippen LogP contribution in [0.1, 0.15) is 29.3 Å². The Kier molecular flexibility index (Phi) is 3.69. The lowest BCUT2D eigenvalue weighted by molar-refractivity contribution is -0.138. The van der Waals surface area contributed by atoms with Crippen molar-refractivity contribution >= 4 is 22.4 Å². The molecule has 1 saturated heterocycles. The zero-order valence-electron chi connectivity index (χ0n) is 12.0. The smallest absolute Gasteiger partial charge is 0.312 e. The van der Waals surface area contributed by atoms with E-state index >= 15 is 0 Å². The van der Waals surface area contributed by atoms with Gasteiger partial charge in [0.15, 0.2) is 5.13 Å². The third-order valence-electron chi connectivity index (χ3n) is 4.35. The molecule has 110 valence electrons. The molecule has 0 bridgehead atoms. The molecule has 1 fully saturated rings. The minimum Gasteiger partial charge on any atom is -0.481 e. The quantitative estimate of drug-likeness (QED) is 0.915. The largest absolute Gasteiger partial charge is 0.481 e. The first-order valence-electron chi connectivity index (χ1n) is 7.16. The number of thiazole rings is 1. The van der Waals surface area contributed by atoms with Gasteiger partial charge in [0.05, 0.1) is 5.69 Å². The molecule has 6 heteroatoms. The fourth-order valence-corrected chi connectivity index (χ4v) is 4.37. The standard InChI is InChI=1S/C14H21N3O2S/c1-16-6-5-9(7-16)8-17(2)14-15-12-10(13(18)19)3-4-11(12)20-14/h9-10H,3-8H2,1-2H3,(H,18,19). The summed E-state index contributed by atoms with van der Waals surface area (Å²) in [6.45, 7) is 3.33. The van der Waals surface area contributed by atoms with Crippen molar-refractivity contribution in [2.45, 2.75) is 25.2 Å². The number of aliphatic carboxylic acids is 1. The highest BCUT2D eigenvalue weighted by Gasteiger charge is 2.33. The first-order chi connectivity index (χ1) is 9.54. The van der Waals surface area contributed by atoms with Gasteiger partial charge in [-0.2, -0.15) is 0 Å². The van der Waals surface area contributed by atoms with Crippen LogP contribution in [0.25, 0.3) is 0 Å². The summed E-state index contributed by atoms with van der Waals surface area (Å²) >= 11 is 1.67. The molecular formula is C14H21N3O2S. The summed E-state index contributed by atoms with van der Waals surface area (Å²) in [4.78, 5) is 21.5. The Labute approximate surface area is 123 Å². The predicted octanol–water partition coefficient (Wildman–Crippen LogP) is 1.65. The summed E-state index contributed by atoms with van der Waals surface area (Å²) in [6, 6.07) is 0. The van der Waals surface area contributed by atoms with Crippen molar-refractivity contribution < 1.29 is 9.90 Å². The van der Waals surface area contributed by atoms with E-state index in [1.165, 1.54) is 17.8 Å². The van der Waals surface area contributed by atoms with Crippen LogP contribution in [0.4, 0.5) is 5.13 Å². The molecule has 1 aromatic rings. The topological polar surface area (TPSA) is 56.7 Å². The lowest BCUT2D eigenvalue weighted by atomic mass is 10.1. The number of anilines is 1. The molecule has 20 heavy (non-hydrogen) atoms. The number of carbonyl (C=O) groups is 1. The highest BCUT2D eigenvalue weighted by atomic mass is 32.1. The number of aryl methyl sites for hydroxylation is 1. The maximum absolute atomic E-state index is 11.2. The molecule has 3 rings (SSSR count). The molecule has 2 aliphatic rings. The Morgan fingerprint density at radius 3 is 3.00 bits per heavy atom. The van der Waals surface area contributed by atoms with Gasteiger partial charge in [0, 0.05) is 25.0 Å². The van der Waals surface area contributed by atoms with E-state index in [1.807, 2.05) is 0 Å². The highest BCUT2D eigenvalue weighted by molar-refractivity contribution is 7.15. The van der Waals surface area contributed by atoms with Crippen molar-refractivity contribution in [3.8, 4) is 0 Å². The Balaban J connectivity index is 1.69. The molecule has 1 N–H and O–H groups in total. The Morgan fingerprint density at radius 2 is 2.35 bits per heavy atom. The van der Waals surface area contributed by atoms with Gasteiger partial charge in [-0.15, -0.1) is 11.3 Å². The summed E-state index contributed by atoms with van der Waals surface area (Å²) in [5.74, 6) is -0.430. The third kappa shape index (κ3) is 2.54. The normalized spacial score (nSPS) is 25.9. The van der Waals surface area contributed by atoms with Crippen molar-refractivity contribution in [1.29, 1.82) is 0 Å². The fraction of sp³-hybridized carbons (Fsp3) is 0.714. The van der Waals surface area contributed by atoms with E-state index in [0.717, 1.165) is 30.3 Å². The molecule has 5 nitrogen and oxygen atoms in total. The minimum absolute atomic E-state index is 0.388. The van der Waals surface area contributed by atoms with Crippen LogP contribution in [0.3, 0.4) is 0 Å². The Bertz CT molecular complexity index is 517. The van der Waals surface area contributed by atoms with E-state index in [-0.39, 0.29) is 5.92 Å². The molecule has 2 heterocycles. The van der Waals surface area contributed by atoms with Crippen LogP contribution in [0.15, 0.2) is 0 Å². The monoisotopic (exact) mass is 295 g/mol. The van der Waals surface area contributed by atoms with E-state index in [1.54, 1.807) is 11.3 Å². The summed E-state index contributed by atoms with van der Waals surface area (Å²) in [7, 11) is 4.23. The van der Waals surface area contributed by atoms with Gasteiger partial charge in [0.1, 0.15) is 5.92 Å². The lowest BCUT2D eigenvalue weighted by Gasteiger charge is -2.20. The second-order valence-corrected chi connectivity index (χ2v) is 7.09. The number of fused-ring (bicyclic) bond motifs is 1. The number of hydrogen-bond acceptors (Lipinski definition) is 5. The average Bonchev–Trinajstić information content (AvgIpc) is 3.03. The van der Waals surface area contributed by atoms with Gasteiger partial charge in [0.2, 0.25) is 0 Å².